The van der Waals surface area contributed by atoms with E-state index in [0.29, 0.717) is 5.75 Å². The predicted molar refractivity (Wildman–Crippen MR) is 57.3 cm³/mol. The fourth-order valence-corrected chi connectivity index (χ4v) is 2.40. The number of aromatic hydroxyl groups is 1. The Morgan fingerprint density at radius 2 is 1.93 bits per heavy atom. The molecule has 1 nitrogen and oxygen atoms in total. The fraction of sp³-hybridized carbons (Fsp3) is 0.333. The van der Waals surface area contributed by atoms with Crippen molar-refractivity contribution in [2.24, 2.45) is 0 Å². The molecule has 0 bridgehead atoms. The van der Waals surface area contributed by atoms with E-state index in [2.05, 4.69) is 0 Å². The largest absolute Gasteiger partial charge is 0.508 e. The van der Waals surface area contributed by atoms with Gasteiger partial charge >= 0.3 is 5.51 Å². The molecule has 84 valence electrons. The molecule has 0 aliphatic rings. The lowest BCUT2D eigenvalue weighted by Crippen LogP contribution is -2.02. The monoisotopic (exact) mass is 254 g/mol. The Morgan fingerprint density at radius 1 is 1.20 bits per heavy atom. The van der Waals surface area contributed by atoms with Gasteiger partial charge in [0.2, 0.25) is 0 Å². The van der Waals surface area contributed by atoms with E-state index >= 15 is 0 Å². The van der Waals surface area contributed by atoms with Gasteiger partial charge < -0.3 is 5.11 Å². The van der Waals surface area contributed by atoms with Crippen molar-refractivity contribution in [1.29, 1.82) is 0 Å². The van der Waals surface area contributed by atoms with Crippen LogP contribution in [-0.4, -0.2) is 22.1 Å². The summed E-state index contributed by atoms with van der Waals surface area (Å²) in [4.78, 5) is 0.776. The van der Waals surface area contributed by atoms with Crippen molar-refractivity contribution >= 4 is 23.5 Å². The van der Waals surface area contributed by atoms with E-state index in [1.54, 1.807) is 12.1 Å². The first-order valence-corrected chi connectivity index (χ1v) is 6.07. The van der Waals surface area contributed by atoms with Gasteiger partial charge in [-0.1, -0.05) is 17.8 Å². The van der Waals surface area contributed by atoms with Crippen molar-refractivity contribution in [2.75, 3.05) is 11.5 Å². The van der Waals surface area contributed by atoms with Crippen LogP contribution in [0, 0.1) is 0 Å². The molecule has 0 spiro atoms. The lowest BCUT2D eigenvalue weighted by molar-refractivity contribution is -0.0326. The molecule has 0 aliphatic heterocycles. The molecule has 1 aromatic carbocycles. The summed E-state index contributed by atoms with van der Waals surface area (Å²) in [6.45, 7) is 0. The predicted octanol–water partition coefficient (Wildman–Crippen LogP) is 3.74. The summed E-state index contributed by atoms with van der Waals surface area (Å²) >= 11 is 1.27. The summed E-state index contributed by atoms with van der Waals surface area (Å²) < 4.78 is 35.3. The van der Waals surface area contributed by atoms with Crippen LogP contribution in [0.2, 0.25) is 0 Å². The topological polar surface area (TPSA) is 20.2 Å². The molecule has 6 heteroatoms. The Kier molecular flexibility index (Phi) is 4.66. The second kappa shape index (κ2) is 5.55. The van der Waals surface area contributed by atoms with Crippen molar-refractivity contribution in [1.82, 2.24) is 0 Å². The third-order valence-corrected chi connectivity index (χ3v) is 3.42. The molecule has 1 rings (SSSR count). The van der Waals surface area contributed by atoms with E-state index < -0.39 is 5.51 Å². The average Bonchev–Trinajstić information content (AvgIpc) is 2.11. The van der Waals surface area contributed by atoms with Gasteiger partial charge in [-0.05, 0) is 18.2 Å². The number of phenolic OH excluding ortho intramolecular Hbond substituents is 1. The number of hydrogen-bond acceptors (Lipinski definition) is 3. The molecular weight excluding hydrogens is 245 g/mol. The molecule has 0 saturated heterocycles. The summed E-state index contributed by atoms with van der Waals surface area (Å²) in [7, 11) is 0. The normalized spacial score (nSPS) is 11.7. The molecule has 0 amide bonds. The van der Waals surface area contributed by atoms with Crippen LogP contribution in [-0.2, 0) is 0 Å². The molecule has 1 aromatic rings. The van der Waals surface area contributed by atoms with E-state index in [1.807, 2.05) is 0 Å². The zero-order valence-electron chi connectivity index (χ0n) is 7.62. The highest BCUT2D eigenvalue weighted by Gasteiger charge is 2.27. The number of hydrogen-bond donors (Lipinski definition) is 1. The molecule has 0 aromatic heterocycles. The minimum absolute atomic E-state index is 0.0177. The van der Waals surface area contributed by atoms with E-state index in [9.17, 15) is 13.2 Å². The van der Waals surface area contributed by atoms with Crippen molar-refractivity contribution in [2.45, 2.75) is 10.4 Å². The summed E-state index contributed by atoms with van der Waals surface area (Å²) in [5.41, 5.74) is -4.15. The first kappa shape index (κ1) is 12.6. The van der Waals surface area contributed by atoms with Gasteiger partial charge in [-0.2, -0.15) is 13.2 Å². The van der Waals surface area contributed by atoms with Crippen LogP contribution in [0.5, 0.6) is 5.75 Å². The Labute approximate surface area is 94.1 Å². The number of rotatable bonds is 4. The standard InChI is InChI=1S/C9H9F3OS2/c10-9(11,12)15-5-4-14-8-3-1-2-7(13)6-8/h1-3,6,13H,4-5H2. The first-order chi connectivity index (χ1) is 6.97. The first-order valence-electron chi connectivity index (χ1n) is 4.10. The van der Waals surface area contributed by atoms with E-state index in [1.165, 1.54) is 23.9 Å². The third kappa shape index (κ3) is 5.84. The highest BCUT2D eigenvalue weighted by molar-refractivity contribution is 8.03. The van der Waals surface area contributed by atoms with Crippen LogP contribution in [0.4, 0.5) is 13.2 Å². The third-order valence-electron chi connectivity index (χ3n) is 1.44. The van der Waals surface area contributed by atoms with Crippen molar-refractivity contribution in [3.8, 4) is 5.75 Å². The van der Waals surface area contributed by atoms with E-state index in [-0.39, 0.29) is 23.3 Å². The van der Waals surface area contributed by atoms with Crippen LogP contribution in [0.1, 0.15) is 0 Å². The molecule has 1 N–H and O–H groups in total. The molecular formula is C9H9F3OS2. The van der Waals surface area contributed by atoms with Crippen molar-refractivity contribution < 1.29 is 18.3 Å². The van der Waals surface area contributed by atoms with Gasteiger partial charge in [0.05, 0.1) is 0 Å². The Morgan fingerprint density at radius 3 is 2.53 bits per heavy atom. The lowest BCUT2D eigenvalue weighted by Gasteiger charge is -2.05. The van der Waals surface area contributed by atoms with Crippen molar-refractivity contribution in [3.63, 3.8) is 0 Å². The Balaban J connectivity index is 2.26. The number of phenols is 1. The molecule has 0 atom stereocenters. The quantitative estimate of drug-likeness (QED) is 0.653. The van der Waals surface area contributed by atoms with Crippen LogP contribution >= 0.6 is 23.5 Å². The maximum absolute atomic E-state index is 11.8. The van der Waals surface area contributed by atoms with E-state index in [4.69, 9.17) is 5.11 Å². The number of benzene rings is 1. The van der Waals surface area contributed by atoms with Crippen LogP contribution in [0.3, 0.4) is 0 Å². The molecule has 0 radical (unpaired) electrons. The maximum atomic E-state index is 11.8. The SMILES string of the molecule is Oc1cccc(SCCSC(F)(F)F)c1. The van der Waals surface area contributed by atoms with Gasteiger partial charge in [0.25, 0.3) is 0 Å². The smallest absolute Gasteiger partial charge is 0.441 e. The summed E-state index contributed by atoms with van der Waals surface area (Å²) in [6, 6.07) is 6.47. The zero-order valence-corrected chi connectivity index (χ0v) is 9.25. The highest BCUT2D eigenvalue weighted by Crippen LogP contribution is 2.31. The minimum atomic E-state index is -4.15. The van der Waals surface area contributed by atoms with Gasteiger partial charge in [0.15, 0.2) is 0 Å². The minimum Gasteiger partial charge on any atom is -0.508 e. The summed E-state index contributed by atoms with van der Waals surface area (Å²) in [5.74, 6) is 0.515. The molecule has 0 heterocycles. The maximum Gasteiger partial charge on any atom is 0.441 e. The van der Waals surface area contributed by atoms with E-state index in [0.717, 1.165) is 4.90 Å². The van der Waals surface area contributed by atoms with Crippen LogP contribution < -0.4 is 0 Å². The van der Waals surface area contributed by atoms with Crippen LogP contribution in [0.15, 0.2) is 29.2 Å². The Hall–Kier alpha value is -0.490. The molecule has 0 unspecified atom stereocenters. The highest BCUT2D eigenvalue weighted by atomic mass is 32.2. The van der Waals surface area contributed by atoms with Crippen molar-refractivity contribution in [3.05, 3.63) is 24.3 Å². The number of alkyl halides is 3. The van der Waals surface area contributed by atoms with Gasteiger partial charge in [0, 0.05) is 16.4 Å². The van der Waals surface area contributed by atoms with Crippen LogP contribution in [0.25, 0.3) is 0 Å². The molecule has 0 aliphatic carbocycles. The molecule has 0 saturated carbocycles. The van der Waals surface area contributed by atoms with Gasteiger partial charge in [-0.3, -0.25) is 0 Å². The second-order valence-electron chi connectivity index (χ2n) is 2.64. The average molecular weight is 254 g/mol. The number of halogens is 3. The van der Waals surface area contributed by atoms with Gasteiger partial charge in [-0.25, -0.2) is 0 Å². The summed E-state index contributed by atoms with van der Waals surface area (Å²) in [5, 5.41) is 9.10. The Bertz CT molecular complexity index is 314. The zero-order chi connectivity index (χ0) is 11.3. The second-order valence-corrected chi connectivity index (χ2v) is 4.97. The molecule has 0 fully saturated rings. The fourth-order valence-electron chi connectivity index (χ4n) is 0.890. The summed E-state index contributed by atoms with van der Waals surface area (Å²) in [6.07, 6.45) is 0. The van der Waals surface area contributed by atoms with Gasteiger partial charge in [-0.15, -0.1) is 11.8 Å². The lowest BCUT2D eigenvalue weighted by atomic mass is 10.3. The van der Waals surface area contributed by atoms with Gasteiger partial charge in [0.1, 0.15) is 5.75 Å². The molecule has 15 heavy (non-hydrogen) atoms. The number of thioether (sulfide) groups is 2.